The van der Waals surface area contributed by atoms with Crippen molar-refractivity contribution >= 4 is 12.1 Å². The zero-order valence-corrected chi connectivity index (χ0v) is 18.0. The molecule has 0 bridgehead atoms. The van der Waals surface area contributed by atoms with Crippen LogP contribution in [0.1, 0.15) is 22.6 Å². The van der Waals surface area contributed by atoms with Gasteiger partial charge in [-0.1, -0.05) is 66.7 Å². The number of methoxy groups -OCH3 is 1. The topological polar surface area (TPSA) is 76.1 Å². The number of hydrogen-bond acceptors (Lipinski definition) is 4. The summed E-state index contributed by atoms with van der Waals surface area (Å²) in [6.45, 7) is 0.137. The fourth-order valence-corrected chi connectivity index (χ4v) is 4.29. The molecule has 0 spiro atoms. The van der Waals surface area contributed by atoms with E-state index in [0.717, 1.165) is 27.2 Å². The number of carboxylic acids is 1. The van der Waals surface area contributed by atoms with Crippen LogP contribution >= 0.6 is 0 Å². The van der Waals surface area contributed by atoms with Crippen molar-refractivity contribution in [1.29, 1.82) is 0 Å². The van der Waals surface area contributed by atoms with Crippen LogP contribution in [0.5, 0.6) is 5.75 Å². The summed E-state index contributed by atoms with van der Waals surface area (Å²) in [7, 11) is 2.98. The van der Waals surface area contributed by atoms with E-state index in [1.54, 1.807) is 12.1 Å². The third kappa shape index (κ3) is 4.04. The molecule has 0 aliphatic heterocycles. The van der Waals surface area contributed by atoms with Crippen LogP contribution < -0.4 is 4.74 Å². The lowest BCUT2D eigenvalue weighted by molar-refractivity contribution is -0.142. The highest BCUT2D eigenvalue weighted by molar-refractivity contribution is 5.81. The predicted molar refractivity (Wildman–Crippen MR) is 121 cm³/mol. The zero-order chi connectivity index (χ0) is 22.7. The molecular formula is C26H25NO5. The monoisotopic (exact) mass is 431 g/mol. The maximum Gasteiger partial charge on any atom is 0.410 e. The Balaban J connectivity index is 1.49. The second-order valence-corrected chi connectivity index (χ2v) is 7.78. The fraction of sp³-hybridized carbons (Fsp3) is 0.231. The maximum absolute atomic E-state index is 12.8. The lowest BCUT2D eigenvalue weighted by atomic mass is 9.98. The van der Waals surface area contributed by atoms with Crippen molar-refractivity contribution in [1.82, 2.24) is 4.90 Å². The quantitative estimate of drug-likeness (QED) is 0.593. The van der Waals surface area contributed by atoms with Gasteiger partial charge in [-0.2, -0.15) is 0 Å². The fourth-order valence-electron chi connectivity index (χ4n) is 4.29. The van der Waals surface area contributed by atoms with E-state index in [0.29, 0.717) is 11.3 Å². The smallest absolute Gasteiger partial charge is 0.410 e. The first-order valence-corrected chi connectivity index (χ1v) is 10.4. The van der Waals surface area contributed by atoms with Crippen molar-refractivity contribution in [3.63, 3.8) is 0 Å². The molecule has 0 aromatic heterocycles. The molecule has 0 saturated heterocycles. The summed E-state index contributed by atoms with van der Waals surface area (Å²) in [5.74, 6) is -0.608. The minimum absolute atomic E-state index is 0.0859. The van der Waals surface area contributed by atoms with E-state index >= 15 is 0 Å². The Labute approximate surface area is 187 Å². The first-order valence-electron chi connectivity index (χ1n) is 10.4. The summed E-state index contributed by atoms with van der Waals surface area (Å²) in [6.07, 6.45) is -0.561. The van der Waals surface area contributed by atoms with Crippen molar-refractivity contribution < 1.29 is 24.2 Å². The molecule has 1 amide bonds. The first-order chi connectivity index (χ1) is 15.5. The average molecular weight is 431 g/mol. The Bertz CT molecular complexity index is 1100. The van der Waals surface area contributed by atoms with Crippen LogP contribution in [0.4, 0.5) is 4.79 Å². The average Bonchev–Trinajstić information content (AvgIpc) is 3.14. The van der Waals surface area contributed by atoms with E-state index in [4.69, 9.17) is 9.47 Å². The number of rotatable bonds is 7. The number of ether oxygens (including phenoxy) is 2. The van der Waals surface area contributed by atoms with Crippen molar-refractivity contribution in [2.24, 2.45) is 0 Å². The first kappa shape index (κ1) is 21.4. The van der Waals surface area contributed by atoms with E-state index in [2.05, 4.69) is 12.1 Å². The van der Waals surface area contributed by atoms with Crippen LogP contribution in [0.3, 0.4) is 0 Å². The third-order valence-corrected chi connectivity index (χ3v) is 5.98. The van der Waals surface area contributed by atoms with Gasteiger partial charge in [-0.05, 0) is 33.9 Å². The zero-order valence-electron chi connectivity index (χ0n) is 18.0. The molecular weight excluding hydrogens is 406 g/mol. The standard InChI is InChI=1S/C26H25NO5/c1-27(23(25(28)29)15-17-9-3-8-14-24(17)31-2)26(30)32-16-22-20-12-6-4-10-18(20)19-11-5-7-13-21(19)22/h3-14,22-23H,15-16H2,1-2H3,(H,28,29)/t23-/m0/s1. The van der Waals surface area contributed by atoms with E-state index < -0.39 is 18.1 Å². The number of amides is 1. The Kier molecular flexibility index (Phi) is 6.12. The van der Waals surface area contributed by atoms with Crippen LogP contribution in [0.15, 0.2) is 72.8 Å². The summed E-state index contributed by atoms with van der Waals surface area (Å²) >= 11 is 0. The van der Waals surface area contributed by atoms with Crippen molar-refractivity contribution in [2.75, 3.05) is 20.8 Å². The molecule has 1 atom stereocenters. The molecule has 32 heavy (non-hydrogen) atoms. The lowest BCUT2D eigenvalue weighted by Gasteiger charge is -2.25. The highest BCUT2D eigenvalue weighted by Gasteiger charge is 2.32. The molecule has 4 rings (SSSR count). The number of fused-ring (bicyclic) bond motifs is 3. The number of carbonyl (C=O) groups excluding carboxylic acids is 1. The molecule has 1 aliphatic rings. The van der Waals surface area contributed by atoms with Crippen LogP contribution in [-0.2, 0) is 16.0 Å². The highest BCUT2D eigenvalue weighted by atomic mass is 16.6. The second-order valence-electron chi connectivity index (χ2n) is 7.78. The van der Waals surface area contributed by atoms with E-state index in [-0.39, 0.29) is 18.9 Å². The van der Waals surface area contributed by atoms with Crippen LogP contribution in [-0.4, -0.2) is 48.9 Å². The van der Waals surface area contributed by atoms with Gasteiger partial charge in [0.1, 0.15) is 18.4 Å². The summed E-state index contributed by atoms with van der Waals surface area (Å²) in [5.41, 5.74) is 5.19. The second kappa shape index (κ2) is 9.14. The molecule has 0 saturated carbocycles. The minimum Gasteiger partial charge on any atom is -0.496 e. The highest BCUT2D eigenvalue weighted by Crippen LogP contribution is 2.44. The van der Waals surface area contributed by atoms with Crippen molar-refractivity contribution in [2.45, 2.75) is 18.4 Å². The molecule has 3 aromatic rings. The largest absolute Gasteiger partial charge is 0.496 e. The minimum atomic E-state index is -1.10. The number of likely N-dealkylation sites (N-methyl/N-ethyl adjacent to an activating group) is 1. The summed E-state index contributed by atoms with van der Waals surface area (Å²) in [4.78, 5) is 25.9. The molecule has 0 heterocycles. The van der Waals surface area contributed by atoms with E-state index in [9.17, 15) is 14.7 Å². The van der Waals surface area contributed by atoms with Gasteiger partial charge in [0.15, 0.2) is 0 Å². The third-order valence-electron chi connectivity index (χ3n) is 5.98. The number of carboxylic acid groups (broad SMARTS) is 1. The molecule has 164 valence electrons. The summed E-state index contributed by atoms with van der Waals surface area (Å²) < 4.78 is 10.9. The number of benzene rings is 3. The van der Waals surface area contributed by atoms with Gasteiger partial charge in [-0.3, -0.25) is 4.90 Å². The number of carbonyl (C=O) groups is 2. The number of para-hydroxylation sites is 1. The van der Waals surface area contributed by atoms with E-state index in [1.165, 1.54) is 14.2 Å². The van der Waals surface area contributed by atoms with Gasteiger partial charge in [0.05, 0.1) is 7.11 Å². The Morgan fingerprint density at radius 1 is 0.938 bits per heavy atom. The normalized spacial score (nSPS) is 13.1. The molecule has 6 nitrogen and oxygen atoms in total. The van der Waals surface area contributed by atoms with Gasteiger partial charge in [-0.25, -0.2) is 9.59 Å². The van der Waals surface area contributed by atoms with Gasteiger partial charge in [0, 0.05) is 19.4 Å². The van der Waals surface area contributed by atoms with Crippen LogP contribution in [0, 0.1) is 0 Å². The predicted octanol–water partition coefficient (Wildman–Crippen LogP) is 4.57. The molecule has 0 unspecified atom stereocenters. The van der Waals surface area contributed by atoms with Gasteiger partial charge in [0.25, 0.3) is 0 Å². The van der Waals surface area contributed by atoms with Gasteiger partial charge in [-0.15, -0.1) is 0 Å². The van der Waals surface area contributed by atoms with Crippen LogP contribution in [0.2, 0.25) is 0 Å². The molecule has 1 N–H and O–H groups in total. The van der Waals surface area contributed by atoms with Crippen molar-refractivity contribution in [3.8, 4) is 16.9 Å². The van der Waals surface area contributed by atoms with Gasteiger partial charge in [0.2, 0.25) is 0 Å². The molecule has 6 heteroatoms. The SMILES string of the molecule is COc1ccccc1C[C@@H](C(=O)O)N(C)C(=O)OCC1c2ccccc2-c2ccccc21. The Hall–Kier alpha value is -3.80. The number of nitrogens with zero attached hydrogens (tertiary/aromatic N) is 1. The number of aliphatic carboxylic acids is 1. The summed E-state index contributed by atoms with van der Waals surface area (Å²) in [5, 5.41) is 9.77. The molecule has 0 fully saturated rings. The molecule has 1 aliphatic carbocycles. The van der Waals surface area contributed by atoms with Gasteiger partial charge >= 0.3 is 12.1 Å². The molecule has 0 radical (unpaired) electrons. The van der Waals surface area contributed by atoms with Crippen LogP contribution in [0.25, 0.3) is 11.1 Å². The molecule has 3 aromatic carbocycles. The van der Waals surface area contributed by atoms with E-state index in [1.807, 2.05) is 48.5 Å². The van der Waals surface area contributed by atoms with Gasteiger partial charge < -0.3 is 14.6 Å². The van der Waals surface area contributed by atoms with Crippen molar-refractivity contribution in [3.05, 3.63) is 89.5 Å². The number of hydrogen-bond donors (Lipinski definition) is 1. The Morgan fingerprint density at radius 3 is 2.09 bits per heavy atom. The Morgan fingerprint density at radius 2 is 1.50 bits per heavy atom. The maximum atomic E-state index is 12.8. The lowest BCUT2D eigenvalue weighted by Crippen LogP contribution is -2.44. The summed E-state index contributed by atoms with van der Waals surface area (Å²) in [6, 6.07) is 22.2.